The highest BCUT2D eigenvalue weighted by atomic mass is 16.5. The second-order valence-electron chi connectivity index (χ2n) is 5.82. The van der Waals surface area contributed by atoms with Crippen LogP contribution in [-0.2, 0) is 0 Å². The number of H-pyrrole nitrogens is 1. The van der Waals surface area contributed by atoms with Gasteiger partial charge in [-0.15, -0.1) is 5.10 Å². The summed E-state index contributed by atoms with van der Waals surface area (Å²) in [7, 11) is 1.54. The van der Waals surface area contributed by atoms with Crippen LogP contribution in [0.2, 0.25) is 0 Å². The number of aromatic amines is 1. The van der Waals surface area contributed by atoms with Gasteiger partial charge in [0.15, 0.2) is 0 Å². The van der Waals surface area contributed by atoms with Crippen LogP contribution in [0.15, 0.2) is 36.4 Å². The van der Waals surface area contributed by atoms with Gasteiger partial charge in [-0.25, -0.2) is 9.78 Å². The van der Waals surface area contributed by atoms with Crippen molar-refractivity contribution in [3.8, 4) is 5.88 Å². The van der Waals surface area contributed by atoms with Crippen molar-refractivity contribution in [3.63, 3.8) is 0 Å². The van der Waals surface area contributed by atoms with Crippen molar-refractivity contribution in [1.29, 1.82) is 0 Å². The minimum absolute atomic E-state index is 0.0307. The number of anilines is 1. The van der Waals surface area contributed by atoms with Gasteiger partial charge in [-0.3, -0.25) is 10.4 Å². The number of aryl methyl sites for hydroxylation is 1. The lowest BCUT2D eigenvalue weighted by molar-refractivity contribution is 0.239. The van der Waals surface area contributed by atoms with Gasteiger partial charge in [0, 0.05) is 12.7 Å². The van der Waals surface area contributed by atoms with Crippen molar-refractivity contribution in [2.45, 2.75) is 19.4 Å². The number of carbonyl (C=O) groups excluding carboxylic acids is 1. The summed E-state index contributed by atoms with van der Waals surface area (Å²) < 4.78 is 5.19. The molecule has 1 aromatic carbocycles. The van der Waals surface area contributed by atoms with Crippen molar-refractivity contribution >= 4 is 22.8 Å². The summed E-state index contributed by atoms with van der Waals surface area (Å²) in [5.41, 5.74) is 2.34. The Labute approximate surface area is 150 Å². The number of hydrogen-bond donors (Lipinski definition) is 4. The van der Waals surface area contributed by atoms with Crippen molar-refractivity contribution in [1.82, 2.24) is 20.5 Å². The van der Waals surface area contributed by atoms with E-state index in [2.05, 4.69) is 25.8 Å². The van der Waals surface area contributed by atoms with Gasteiger partial charge in [0.2, 0.25) is 5.88 Å². The number of aliphatic hydroxyl groups is 1. The van der Waals surface area contributed by atoms with Crippen LogP contribution >= 0.6 is 0 Å². The fourth-order valence-corrected chi connectivity index (χ4v) is 2.86. The number of rotatable bonds is 6. The summed E-state index contributed by atoms with van der Waals surface area (Å²) in [6.45, 7) is 1.79. The first-order chi connectivity index (χ1) is 12.6. The number of ether oxygens (including phenoxy) is 1. The molecule has 0 saturated heterocycles. The number of fused-ring (bicyclic) bond motifs is 1. The number of nitrogens with zero attached hydrogens (tertiary/aromatic N) is 2. The zero-order valence-corrected chi connectivity index (χ0v) is 14.6. The molecule has 136 valence electrons. The number of urea groups is 1. The van der Waals surface area contributed by atoms with E-state index >= 15 is 0 Å². The van der Waals surface area contributed by atoms with E-state index in [0.717, 1.165) is 16.5 Å². The highest BCUT2D eigenvalue weighted by Crippen LogP contribution is 2.26. The predicted octanol–water partition coefficient (Wildman–Crippen LogP) is 2.52. The van der Waals surface area contributed by atoms with E-state index in [0.29, 0.717) is 23.8 Å². The maximum Gasteiger partial charge on any atom is 0.320 e. The van der Waals surface area contributed by atoms with Gasteiger partial charge < -0.3 is 15.2 Å². The number of benzene rings is 1. The molecule has 4 N–H and O–H groups in total. The Hall–Kier alpha value is -3.13. The molecule has 2 heterocycles. The SMILES string of the molecule is COc1n[nH]c2cc(NC(=O)N[C@H](CCO)c3ccccc3)nc(C)c12. The summed E-state index contributed by atoms with van der Waals surface area (Å²) in [5.74, 6) is 0.864. The number of methoxy groups -OCH3 is 1. The molecule has 0 aliphatic carbocycles. The molecular weight excluding hydrogens is 334 g/mol. The zero-order chi connectivity index (χ0) is 18.5. The number of nitrogens with one attached hydrogen (secondary N) is 3. The van der Waals surface area contributed by atoms with E-state index in [4.69, 9.17) is 4.74 Å². The molecule has 0 fully saturated rings. The van der Waals surface area contributed by atoms with Crippen LogP contribution in [0.3, 0.4) is 0 Å². The Morgan fingerprint density at radius 2 is 2.12 bits per heavy atom. The van der Waals surface area contributed by atoms with Crippen molar-refractivity contribution < 1.29 is 14.6 Å². The standard InChI is InChI=1S/C18H21N5O3/c1-11-16-14(22-23-17(16)26-2)10-15(19-11)21-18(25)20-13(8-9-24)12-6-4-3-5-7-12/h3-7,10,13,24H,8-9H2,1-2H3,(H,22,23)(H2,19,20,21,25)/t13-/m1/s1. The lowest BCUT2D eigenvalue weighted by atomic mass is 10.0. The number of amides is 2. The number of hydrogen-bond acceptors (Lipinski definition) is 5. The minimum atomic E-state index is -0.398. The lowest BCUT2D eigenvalue weighted by Crippen LogP contribution is -2.33. The summed E-state index contributed by atoms with van der Waals surface area (Å²) in [6.07, 6.45) is 0.417. The summed E-state index contributed by atoms with van der Waals surface area (Å²) in [5, 5.41) is 22.6. The molecule has 0 radical (unpaired) electrons. The smallest absolute Gasteiger partial charge is 0.320 e. The Balaban J connectivity index is 1.75. The van der Waals surface area contributed by atoms with Gasteiger partial charge in [0.05, 0.1) is 29.7 Å². The maximum atomic E-state index is 12.4. The zero-order valence-electron chi connectivity index (χ0n) is 14.6. The van der Waals surface area contributed by atoms with E-state index in [1.165, 1.54) is 0 Å². The molecule has 0 spiro atoms. The van der Waals surface area contributed by atoms with Crippen molar-refractivity contribution in [3.05, 3.63) is 47.7 Å². The third-order valence-corrected chi connectivity index (χ3v) is 4.05. The third kappa shape index (κ3) is 3.75. The average Bonchev–Trinajstić information content (AvgIpc) is 3.05. The molecule has 3 rings (SSSR count). The fraction of sp³-hybridized carbons (Fsp3) is 0.278. The quantitative estimate of drug-likeness (QED) is 0.543. The van der Waals surface area contributed by atoms with Crippen LogP contribution in [0.5, 0.6) is 5.88 Å². The molecule has 8 heteroatoms. The number of carbonyl (C=O) groups is 1. The number of pyridine rings is 1. The highest BCUT2D eigenvalue weighted by Gasteiger charge is 2.16. The second kappa shape index (κ2) is 7.83. The van der Waals surface area contributed by atoms with Crippen molar-refractivity contribution in [2.24, 2.45) is 0 Å². The molecule has 2 amide bonds. The minimum Gasteiger partial charge on any atom is -0.479 e. The molecule has 3 aromatic rings. The van der Waals surface area contributed by atoms with Gasteiger partial charge in [-0.1, -0.05) is 30.3 Å². The second-order valence-corrected chi connectivity index (χ2v) is 5.82. The highest BCUT2D eigenvalue weighted by molar-refractivity contribution is 5.93. The lowest BCUT2D eigenvalue weighted by Gasteiger charge is -2.18. The molecular formula is C18H21N5O3. The first kappa shape index (κ1) is 17.7. The van der Waals surface area contributed by atoms with E-state index in [1.807, 2.05) is 37.3 Å². The van der Waals surface area contributed by atoms with Gasteiger partial charge in [-0.2, -0.15) is 0 Å². The molecule has 0 bridgehead atoms. The maximum absolute atomic E-state index is 12.4. The molecule has 2 aromatic heterocycles. The molecule has 0 aliphatic heterocycles. The Kier molecular flexibility index (Phi) is 5.33. The van der Waals surface area contributed by atoms with Crippen molar-refractivity contribution in [2.75, 3.05) is 19.0 Å². The largest absolute Gasteiger partial charge is 0.479 e. The van der Waals surface area contributed by atoms with Gasteiger partial charge >= 0.3 is 6.03 Å². The van der Waals surface area contributed by atoms with Crippen LogP contribution in [0.1, 0.15) is 23.7 Å². The molecule has 0 unspecified atom stereocenters. The van der Waals surface area contributed by atoms with Gasteiger partial charge in [0.25, 0.3) is 0 Å². The first-order valence-electron chi connectivity index (χ1n) is 8.25. The average molecular weight is 355 g/mol. The molecule has 0 saturated carbocycles. The Morgan fingerprint density at radius 1 is 1.35 bits per heavy atom. The summed E-state index contributed by atoms with van der Waals surface area (Å²) in [6, 6.07) is 10.5. The van der Waals surface area contributed by atoms with Crippen LogP contribution in [0.25, 0.3) is 10.9 Å². The fourth-order valence-electron chi connectivity index (χ4n) is 2.86. The van der Waals surface area contributed by atoms with Crippen LogP contribution < -0.4 is 15.4 Å². The van der Waals surface area contributed by atoms with Gasteiger partial charge in [0.1, 0.15) is 5.82 Å². The van der Waals surface area contributed by atoms with Crippen LogP contribution in [-0.4, -0.2) is 40.0 Å². The van der Waals surface area contributed by atoms with E-state index in [1.54, 1.807) is 13.2 Å². The number of aromatic nitrogens is 3. The Morgan fingerprint density at radius 3 is 2.81 bits per heavy atom. The van der Waals surface area contributed by atoms with Crippen LogP contribution in [0.4, 0.5) is 10.6 Å². The monoisotopic (exact) mass is 355 g/mol. The van der Waals surface area contributed by atoms with E-state index in [9.17, 15) is 9.90 Å². The van der Waals surface area contributed by atoms with Gasteiger partial charge in [-0.05, 0) is 18.9 Å². The molecule has 1 atom stereocenters. The normalized spacial score (nSPS) is 12.0. The topological polar surface area (TPSA) is 112 Å². The number of aliphatic hydroxyl groups excluding tert-OH is 1. The van der Waals surface area contributed by atoms with E-state index in [-0.39, 0.29) is 12.6 Å². The van der Waals surface area contributed by atoms with Crippen LogP contribution in [0, 0.1) is 6.92 Å². The first-order valence-corrected chi connectivity index (χ1v) is 8.25. The third-order valence-electron chi connectivity index (χ3n) is 4.05. The predicted molar refractivity (Wildman–Crippen MR) is 98.2 cm³/mol. The molecule has 8 nitrogen and oxygen atoms in total. The molecule has 0 aliphatic rings. The summed E-state index contributed by atoms with van der Waals surface area (Å²) >= 11 is 0. The Bertz CT molecular complexity index is 894. The molecule has 26 heavy (non-hydrogen) atoms. The van der Waals surface area contributed by atoms with E-state index < -0.39 is 6.03 Å². The summed E-state index contributed by atoms with van der Waals surface area (Å²) in [4.78, 5) is 16.8.